The molecular weight excluding hydrogens is 277 g/mol. The number of hydrogen-bond acceptors (Lipinski definition) is 1. The van der Waals surface area contributed by atoms with Gasteiger partial charge in [-0.3, -0.25) is 0 Å². The molecule has 21 heavy (non-hydrogen) atoms. The van der Waals surface area contributed by atoms with Crippen LogP contribution in [0.5, 0.6) is 0 Å². The first-order chi connectivity index (χ1) is 9.88. The van der Waals surface area contributed by atoms with E-state index in [1.807, 2.05) is 49.3 Å². The van der Waals surface area contributed by atoms with Gasteiger partial charge in [-0.15, -0.1) is 0 Å². The third-order valence-electron chi connectivity index (χ3n) is 3.65. The second-order valence-corrected chi connectivity index (χ2v) is 5.43. The molecule has 1 aliphatic rings. The SMILES string of the molecule is CN(C)c1ccc(/C=C/C=[N+]2CCC[C@@H]2C(F)(F)F)cc1. The number of hydrogen-bond donors (Lipinski definition) is 0. The Morgan fingerprint density at radius 1 is 1.19 bits per heavy atom. The normalized spacial score (nSPS) is 21.4. The fourth-order valence-corrected chi connectivity index (χ4v) is 2.47. The van der Waals surface area contributed by atoms with Crippen LogP contribution in [0, 0.1) is 0 Å². The minimum Gasteiger partial charge on any atom is -0.378 e. The van der Waals surface area contributed by atoms with E-state index >= 15 is 0 Å². The zero-order valence-electron chi connectivity index (χ0n) is 12.3. The Kier molecular flexibility index (Phi) is 4.70. The van der Waals surface area contributed by atoms with Crippen molar-refractivity contribution in [2.75, 3.05) is 25.5 Å². The molecule has 1 aromatic carbocycles. The average molecular weight is 297 g/mol. The van der Waals surface area contributed by atoms with Gasteiger partial charge in [-0.05, 0) is 23.8 Å². The standard InChI is InChI=1S/C16H20F3N2/c1-20(2)14-9-7-13(8-10-14)5-3-11-21-12-4-6-15(21)16(17,18)19/h3,5,7-11,15H,4,6,12H2,1-2H3/q+1/t15-/m1/s1. The minimum absolute atomic E-state index is 0.186. The molecule has 1 aliphatic heterocycles. The predicted octanol–water partition coefficient (Wildman–Crippen LogP) is 3.57. The summed E-state index contributed by atoms with van der Waals surface area (Å²) in [5, 5.41) is 0. The number of benzene rings is 1. The molecule has 5 heteroatoms. The van der Waals surface area contributed by atoms with Crippen LogP contribution in [0.25, 0.3) is 6.08 Å². The van der Waals surface area contributed by atoms with E-state index in [0.717, 1.165) is 11.3 Å². The number of nitrogens with zero attached hydrogens (tertiary/aromatic N) is 2. The summed E-state index contributed by atoms with van der Waals surface area (Å²) in [5.41, 5.74) is 2.06. The van der Waals surface area contributed by atoms with Crippen molar-refractivity contribution in [2.24, 2.45) is 0 Å². The molecule has 0 amide bonds. The van der Waals surface area contributed by atoms with Crippen LogP contribution >= 0.6 is 0 Å². The van der Waals surface area contributed by atoms with Crippen LogP contribution in [0.3, 0.4) is 0 Å². The minimum atomic E-state index is -4.14. The monoisotopic (exact) mass is 297 g/mol. The Balaban J connectivity index is 2.05. The summed E-state index contributed by atoms with van der Waals surface area (Å²) < 4.78 is 39.8. The first-order valence-corrected chi connectivity index (χ1v) is 6.99. The number of alkyl halides is 3. The van der Waals surface area contributed by atoms with Crippen molar-refractivity contribution in [2.45, 2.75) is 25.1 Å². The van der Waals surface area contributed by atoms with Crippen molar-refractivity contribution in [3.63, 3.8) is 0 Å². The van der Waals surface area contributed by atoms with Crippen LogP contribution in [-0.2, 0) is 0 Å². The van der Waals surface area contributed by atoms with Gasteiger partial charge in [-0.2, -0.15) is 13.2 Å². The molecule has 1 fully saturated rings. The molecule has 0 saturated carbocycles. The molecule has 2 nitrogen and oxygen atoms in total. The number of anilines is 1. The molecule has 0 radical (unpaired) electrons. The van der Waals surface area contributed by atoms with E-state index < -0.39 is 12.2 Å². The van der Waals surface area contributed by atoms with Crippen molar-refractivity contribution >= 4 is 18.0 Å². The summed E-state index contributed by atoms with van der Waals surface area (Å²) in [7, 11) is 3.92. The summed E-state index contributed by atoms with van der Waals surface area (Å²) in [6.07, 6.45) is 1.69. The van der Waals surface area contributed by atoms with Crippen molar-refractivity contribution < 1.29 is 17.7 Å². The fraction of sp³-hybridized carbons (Fsp3) is 0.438. The second-order valence-electron chi connectivity index (χ2n) is 5.43. The Bertz CT molecular complexity index is 527. The van der Waals surface area contributed by atoms with Gasteiger partial charge in [0.05, 0.1) is 0 Å². The van der Waals surface area contributed by atoms with Gasteiger partial charge in [0, 0.05) is 38.7 Å². The highest BCUT2D eigenvalue weighted by atomic mass is 19.4. The quantitative estimate of drug-likeness (QED) is 0.773. The van der Waals surface area contributed by atoms with E-state index in [2.05, 4.69) is 0 Å². The summed E-state index contributed by atoms with van der Waals surface area (Å²) in [6.45, 7) is 0.466. The number of rotatable bonds is 3. The van der Waals surface area contributed by atoms with E-state index in [1.54, 1.807) is 12.3 Å². The van der Waals surface area contributed by atoms with E-state index in [9.17, 15) is 13.2 Å². The molecule has 0 N–H and O–H groups in total. The lowest BCUT2D eigenvalue weighted by molar-refractivity contribution is -0.574. The highest BCUT2D eigenvalue weighted by Gasteiger charge is 2.50. The lowest BCUT2D eigenvalue weighted by Gasteiger charge is -2.11. The van der Waals surface area contributed by atoms with Crippen molar-refractivity contribution in [1.29, 1.82) is 0 Å². The second kappa shape index (κ2) is 6.33. The van der Waals surface area contributed by atoms with Crippen LogP contribution < -0.4 is 4.90 Å². The van der Waals surface area contributed by atoms with Gasteiger partial charge in [0.1, 0.15) is 6.54 Å². The zero-order valence-corrected chi connectivity index (χ0v) is 12.3. The van der Waals surface area contributed by atoms with Gasteiger partial charge in [-0.1, -0.05) is 12.1 Å². The van der Waals surface area contributed by atoms with Crippen LogP contribution in [0.15, 0.2) is 30.3 Å². The van der Waals surface area contributed by atoms with Gasteiger partial charge in [0.15, 0.2) is 6.21 Å². The number of allylic oxidation sites excluding steroid dienone is 1. The Morgan fingerprint density at radius 2 is 1.86 bits per heavy atom. The Morgan fingerprint density at radius 3 is 2.43 bits per heavy atom. The highest BCUT2D eigenvalue weighted by molar-refractivity contribution is 5.75. The number of halogens is 3. The molecule has 1 aromatic rings. The molecule has 2 rings (SSSR count). The Labute approximate surface area is 123 Å². The van der Waals surface area contributed by atoms with E-state index in [1.165, 1.54) is 4.58 Å². The van der Waals surface area contributed by atoms with Crippen molar-refractivity contribution in [3.05, 3.63) is 35.9 Å². The maximum Gasteiger partial charge on any atom is 0.451 e. The topological polar surface area (TPSA) is 6.25 Å². The van der Waals surface area contributed by atoms with E-state index in [4.69, 9.17) is 0 Å². The van der Waals surface area contributed by atoms with Crippen molar-refractivity contribution in [1.82, 2.24) is 0 Å². The molecule has 114 valence electrons. The van der Waals surface area contributed by atoms with Crippen LogP contribution in [0.4, 0.5) is 18.9 Å². The van der Waals surface area contributed by atoms with Gasteiger partial charge in [0.2, 0.25) is 6.04 Å². The molecule has 1 saturated heterocycles. The van der Waals surface area contributed by atoms with Gasteiger partial charge in [0.25, 0.3) is 0 Å². The molecule has 0 aromatic heterocycles. The molecule has 1 heterocycles. The first-order valence-electron chi connectivity index (χ1n) is 6.99. The van der Waals surface area contributed by atoms with Crippen molar-refractivity contribution in [3.8, 4) is 0 Å². The smallest absolute Gasteiger partial charge is 0.378 e. The van der Waals surface area contributed by atoms with Gasteiger partial charge < -0.3 is 4.90 Å². The maximum atomic E-state index is 12.8. The van der Waals surface area contributed by atoms with Crippen LogP contribution in [0.2, 0.25) is 0 Å². The fourth-order valence-electron chi connectivity index (χ4n) is 2.47. The average Bonchev–Trinajstić information content (AvgIpc) is 2.88. The zero-order chi connectivity index (χ0) is 15.5. The molecule has 1 atom stereocenters. The van der Waals surface area contributed by atoms with E-state index in [0.29, 0.717) is 13.0 Å². The summed E-state index contributed by atoms with van der Waals surface area (Å²) >= 11 is 0. The van der Waals surface area contributed by atoms with Crippen LogP contribution in [0.1, 0.15) is 18.4 Å². The Hall–Kier alpha value is -1.78. The van der Waals surface area contributed by atoms with Gasteiger partial charge >= 0.3 is 6.18 Å². The summed E-state index contributed by atoms with van der Waals surface area (Å²) in [6, 6.07) is 6.52. The maximum absolute atomic E-state index is 12.8. The van der Waals surface area contributed by atoms with Gasteiger partial charge in [-0.25, -0.2) is 4.58 Å². The summed E-state index contributed by atoms with van der Waals surface area (Å²) in [5.74, 6) is 0. The largest absolute Gasteiger partial charge is 0.451 e. The third kappa shape index (κ3) is 4.09. The molecule has 0 bridgehead atoms. The lowest BCUT2D eigenvalue weighted by Crippen LogP contribution is -2.35. The molecular formula is C16H20F3N2+. The molecule has 0 unspecified atom stereocenters. The molecule has 0 aliphatic carbocycles. The first kappa shape index (κ1) is 15.6. The van der Waals surface area contributed by atoms with E-state index in [-0.39, 0.29) is 6.42 Å². The van der Waals surface area contributed by atoms with Crippen LogP contribution in [-0.4, -0.2) is 43.6 Å². The predicted molar refractivity (Wildman–Crippen MR) is 80.1 cm³/mol. The summed E-state index contributed by atoms with van der Waals surface area (Å²) in [4.78, 5) is 2.00. The lowest BCUT2D eigenvalue weighted by atomic mass is 10.2. The molecule has 0 spiro atoms. The highest BCUT2D eigenvalue weighted by Crippen LogP contribution is 2.29. The third-order valence-corrected chi connectivity index (χ3v) is 3.65.